The zero-order valence-corrected chi connectivity index (χ0v) is 19.4. The number of carbonyl (C=O) groups excluding carboxylic acids is 1. The van der Waals surface area contributed by atoms with Crippen LogP contribution >= 0.6 is 0 Å². The highest BCUT2D eigenvalue weighted by atomic mass is 16.5. The molecule has 4 aromatic carbocycles. The van der Waals surface area contributed by atoms with Crippen molar-refractivity contribution in [2.45, 2.75) is 19.3 Å². The van der Waals surface area contributed by atoms with Gasteiger partial charge in [0.1, 0.15) is 23.0 Å². The maximum Gasteiger partial charge on any atom is 0.185 e. The van der Waals surface area contributed by atoms with Crippen molar-refractivity contribution in [1.82, 2.24) is 0 Å². The molecular weight excluding hydrogens is 432 g/mol. The Morgan fingerprint density at radius 1 is 0.514 bits per heavy atom. The zero-order valence-electron chi connectivity index (χ0n) is 19.4. The lowest BCUT2D eigenvalue weighted by molar-refractivity contribution is -0.112. The number of ether oxygens (including phenoxy) is 2. The molecule has 1 fully saturated rings. The van der Waals surface area contributed by atoms with Gasteiger partial charge in [-0.25, -0.2) is 0 Å². The minimum Gasteiger partial charge on any atom is -0.457 e. The first kappa shape index (κ1) is 22.4. The van der Waals surface area contributed by atoms with E-state index < -0.39 is 0 Å². The molecule has 0 amide bonds. The van der Waals surface area contributed by atoms with Crippen molar-refractivity contribution < 1.29 is 14.3 Å². The Bertz CT molecular complexity index is 1260. The van der Waals surface area contributed by atoms with Gasteiger partial charge in [0.05, 0.1) is 0 Å². The van der Waals surface area contributed by atoms with Gasteiger partial charge < -0.3 is 9.47 Å². The first-order chi connectivity index (χ1) is 17.2. The molecule has 4 aromatic rings. The fraction of sp³-hybridized carbons (Fsp3) is 0.0938. The van der Waals surface area contributed by atoms with Crippen LogP contribution in [-0.2, 0) is 4.79 Å². The highest BCUT2D eigenvalue weighted by molar-refractivity contribution is 6.14. The van der Waals surface area contributed by atoms with Gasteiger partial charge in [0.2, 0.25) is 0 Å². The lowest BCUT2D eigenvalue weighted by Crippen LogP contribution is -2.12. The summed E-state index contributed by atoms with van der Waals surface area (Å²) in [5, 5.41) is 0. The van der Waals surface area contributed by atoms with Gasteiger partial charge in [0.25, 0.3) is 0 Å². The predicted molar refractivity (Wildman–Crippen MR) is 141 cm³/mol. The van der Waals surface area contributed by atoms with Crippen LogP contribution < -0.4 is 9.47 Å². The van der Waals surface area contributed by atoms with E-state index in [1.807, 2.05) is 121 Å². The largest absolute Gasteiger partial charge is 0.457 e. The van der Waals surface area contributed by atoms with E-state index in [1.165, 1.54) is 0 Å². The van der Waals surface area contributed by atoms with Gasteiger partial charge in [0.15, 0.2) is 5.78 Å². The Hall–Kier alpha value is -4.37. The molecule has 35 heavy (non-hydrogen) atoms. The molecule has 1 saturated carbocycles. The van der Waals surface area contributed by atoms with Crippen molar-refractivity contribution in [3.8, 4) is 23.0 Å². The Balaban J connectivity index is 1.33. The van der Waals surface area contributed by atoms with Gasteiger partial charge in [-0.05, 0) is 91.1 Å². The van der Waals surface area contributed by atoms with Crippen LogP contribution in [0.4, 0.5) is 0 Å². The normalized spacial score (nSPS) is 15.8. The molecule has 0 spiro atoms. The Kier molecular flexibility index (Phi) is 6.86. The number of rotatable bonds is 6. The average molecular weight is 459 g/mol. The highest BCUT2D eigenvalue weighted by Crippen LogP contribution is 2.30. The fourth-order valence-corrected chi connectivity index (χ4v) is 4.17. The van der Waals surface area contributed by atoms with E-state index in [-0.39, 0.29) is 5.78 Å². The van der Waals surface area contributed by atoms with Crippen molar-refractivity contribution in [2.24, 2.45) is 0 Å². The van der Waals surface area contributed by atoms with Crippen LogP contribution in [0, 0.1) is 0 Å². The van der Waals surface area contributed by atoms with Gasteiger partial charge in [-0.2, -0.15) is 0 Å². The molecule has 0 N–H and O–H groups in total. The summed E-state index contributed by atoms with van der Waals surface area (Å²) in [6.45, 7) is 0. The van der Waals surface area contributed by atoms with Crippen molar-refractivity contribution in [3.05, 3.63) is 131 Å². The van der Waals surface area contributed by atoms with Crippen LogP contribution in [0.3, 0.4) is 0 Å². The second-order valence-corrected chi connectivity index (χ2v) is 8.50. The standard InChI is InChI=1S/C32H26O3/c33-32-26(20-24-10-7-18-30(22-24)34-28-14-3-1-4-15-28)12-9-13-27(32)21-25-11-8-19-31(23-25)35-29-16-5-2-6-17-29/h1-8,10-11,14-23H,9,12-13H2/b26-20-,27-21+. The summed E-state index contributed by atoms with van der Waals surface area (Å²) in [5.74, 6) is 3.18. The van der Waals surface area contributed by atoms with Crippen molar-refractivity contribution in [3.63, 3.8) is 0 Å². The molecule has 172 valence electrons. The highest BCUT2D eigenvalue weighted by Gasteiger charge is 2.20. The van der Waals surface area contributed by atoms with Gasteiger partial charge in [-0.1, -0.05) is 60.7 Å². The molecule has 3 nitrogen and oxygen atoms in total. The lowest BCUT2D eigenvalue weighted by atomic mass is 9.87. The van der Waals surface area contributed by atoms with E-state index in [4.69, 9.17) is 9.47 Å². The summed E-state index contributed by atoms with van der Waals surface area (Å²) in [5.41, 5.74) is 3.58. The van der Waals surface area contributed by atoms with Crippen molar-refractivity contribution in [1.29, 1.82) is 0 Å². The number of para-hydroxylation sites is 2. The molecule has 0 saturated heterocycles. The Labute approximate surface area is 206 Å². The zero-order chi connectivity index (χ0) is 23.9. The predicted octanol–water partition coefficient (Wildman–Crippen LogP) is 8.49. The molecule has 0 unspecified atom stereocenters. The SMILES string of the molecule is O=C1/C(=C\c2cccc(Oc3ccccc3)c2)CCC/C1=C\c1cccc(Oc2ccccc2)c1. The van der Waals surface area contributed by atoms with Crippen LogP contribution in [0.5, 0.6) is 23.0 Å². The maximum atomic E-state index is 13.3. The number of Topliss-reactive ketones (excluding diaryl/α,β-unsaturated/α-hetero) is 1. The van der Waals surface area contributed by atoms with Gasteiger partial charge >= 0.3 is 0 Å². The third-order valence-electron chi connectivity index (χ3n) is 5.83. The van der Waals surface area contributed by atoms with Gasteiger partial charge in [-0.15, -0.1) is 0 Å². The molecule has 3 heteroatoms. The molecule has 0 atom stereocenters. The first-order valence-electron chi connectivity index (χ1n) is 11.8. The number of hydrogen-bond acceptors (Lipinski definition) is 3. The molecular formula is C32H26O3. The van der Waals surface area contributed by atoms with E-state index in [0.29, 0.717) is 0 Å². The van der Waals surface area contributed by atoms with Crippen LogP contribution in [-0.4, -0.2) is 5.78 Å². The van der Waals surface area contributed by atoms with Crippen LogP contribution in [0.15, 0.2) is 120 Å². The summed E-state index contributed by atoms with van der Waals surface area (Å²) in [4.78, 5) is 13.3. The number of benzene rings is 4. The molecule has 0 heterocycles. The van der Waals surface area contributed by atoms with Crippen molar-refractivity contribution >= 4 is 17.9 Å². The van der Waals surface area contributed by atoms with E-state index >= 15 is 0 Å². The van der Waals surface area contributed by atoms with Crippen LogP contribution in [0.25, 0.3) is 12.2 Å². The van der Waals surface area contributed by atoms with E-state index in [1.54, 1.807) is 0 Å². The number of carbonyl (C=O) groups is 1. The summed E-state index contributed by atoms with van der Waals surface area (Å²) in [7, 11) is 0. The van der Waals surface area contributed by atoms with E-state index in [2.05, 4.69) is 0 Å². The topological polar surface area (TPSA) is 35.5 Å². The number of hydrogen-bond donors (Lipinski definition) is 0. The molecule has 1 aliphatic carbocycles. The molecule has 0 aliphatic heterocycles. The minimum absolute atomic E-state index is 0.111. The Morgan fingerprint density at radius 2 is 0.943 bits per heavy atom. The van der Waals surface area contributed by atoms with Crippen LogP contribution in [0.2, 0.25) is 0 Å². The van der Waals surface area contributed by atoms with Crippen molar-refractivity contribution in [2.75, 3.05) is 0 Å². The number of ketones is 1. The third kappa shape index (κ3) is 5.96. The summed E-state index contributed by atoms with van der Waals surface area (Å²) in [6.07, 6.45) is 6.47. The lowest BCUT2D eigenvalue weighted by Gasteiger charge is -2.17. The molecule has 0 bridgehead atoms. The molecule has 0 aromatic heterocycles. The van der Waals surface area contributed by atoms with Crippen LogP contribution in [0.1, 0.15) is 30.4 Å². The third-order valence-corrected chi connectivity index (χ3v) is 5.83. The second kappa shape index (κ2) is 10.7. The molecule has 1 aliphatic rings. The summed E-state index contributed by atoms with van der Waals surface area (Å²) in [6, 6.07) is 35.1. The summed E-state index contributed by atoms with van der Waals surface area (Å²) >= 11 is 0. The monoisotopic (exact) mass is 458 g/mol. The number of allylic oxidation sites excluding steroid dienone is 2. The van der Waals surface area contributed by atoms with E-state index in [0.717, 1.165) is 64.5 Å². The molecule has 5 rings (SSSR count). The first-order valence-corrected chi connectivity index (χ1v) is 11.8. The quantitative estimate of drug-likeness (QED) is 0.272. The second-order valence-electron chi connectivity index (χ2n) is 8.50. The van der Waals surface area contributed by atoms with E-state index in [9.17, 15) is 4.79 Å². The maximum absolute atomic E-state index is 13.3. The van der Waals surface area contributed by atoms with Gasteiger partial charge in [-0.3, -0.25) is 4.79 Å². The van der Waals surface area contributed by atoms with Gasteiger partial charge in [0, 0.05) is 11.1 Å². The fourth-order valence-electron chi connectivity index (χ4n) is 4.17. The summed E-state index contributed by atoms with van der Waals surface area (Å²) < 4.78 is 11.9. The smallest absolute Gasteiger partial charge is 0.185 e. The molecule has 0 radical (unpaired) electrons. The minimum atomic E-state index is 0.111. The Morgan fingerprint density at radius 3 is 1.40 bits per heavy atom. The average Bonchev–Trinajstić information content (AvgIpc) is 2.88.